The second kappa shape index (κ2) is 11.2. The molecule has 0 aromatic heterocycles. The summed E-state index contributed by atoms with van der Waals surface area (Å²) in [4.78, 5) is 27.9. The summed E-state index contributed by atoms with van der Waals surface area (Å²) >= 11 is 0. The Bertz CT molecular complexity index is 1270. The number of methoxy groups -OCH3 is 2. The molecule has 3 aromatic rings. The van der Waals surface area contributed by atoms with Crippen LogP contribution in [0.5, 0.6) is 11.5 Å². The maximum atomic E-state index is 13.3. The van der Waals surface area contributed by atoms with Gasteiger partial charge in [-0.3, -0.25) is 4.90 Å². The molecule has 0 saturated heterocycles. The first-order valence-electron chi connectivity index (χ1n) is 12.6. The summed E-state index contributed by atoms with van der Waals surface area (Å²) < 4.78 is 22.2. The van der Waals surface area contributed by atoms with Gasteiger partial charge < -0.3 is 18.9 Å². The molecule has 1 aliphatic rings. The van der Waals surface area contributed by atoms with Crippen LogP contribution < -0.4 is 9.47 Å². The minimum Gasteiger partial charge on any atom is -0.493 e. The highest BCUT2D eigenvalue weighted by molar-refractivity contribution is 5.82. The molecule has 1 unspecified atom stereocenters. The fourth-order valence-electron chi connectivity index (χ4n) is 4.80. The third kappa shape index (κ3) is 5.77. The van der Waals surface area contributed by atoms with Gasteiger partial charge in [0.15, 0.2) is 11.5 Å². The number of esters is 1. The van der Waals surface area contributed by atoms with Crippen molar-refractivity contribution in [1.82, 2.24) is 4.90 Å². The molecule has 1 atom stereocenters. The van der Waals surface area contributed by atoms with Gasteiger partial charge >= 0.3 is 12.1 Å². The van der Waals surface area contributed by atoms with Gasteiger partial charge in [-0.15, -0.1) is 0 Å². The molecule has 0 saturated carbocycles. The van der Waals surface area contributed by atoms with E-state index in [4.69, 9.17) is 18.9 Å². The predicted molar refractivity (Wildman–Crippen MR) is 146 cm³/mol. The van der Waals surface area contributed by atoms with E-state index in [-0.39, 0.29) is 18.9 Å². The number of ether oxygens (including phenoxy) is 4. The summed E-state index contributed by atoms with van der Waals surface area (Å²) in [6.07, 6.45) is -0.376. The van der Waals surface area contributed by atoms with Crippen LogP contribution in [0.1, 0.15) is 43.4 Å². The SMILES string of the molecule is COc1ccc(CC(C(=O)OC(C)(C)C)N(C)C(=O)OCC2c3ccccc3-c3ccccc32)cc1OC. The van der Waals surface area contributed by atoms with Crippen molar-refractivity contribution in [3.63, 3.8) is 0 Å². The molecule has 200 valence electrons. The van der Waals surface area contributed by atoms with Crippen LogP contribution in [-0.4, -0.2) is 56.5 Å². The van der Waals surface area contributed by atoms with Crippen LogP contribution in [0.2, 0.25) is 0 Å². The number of fused-ring (bicyclic) bond motifs is 3. The lowest BCUT2D eigenvalue weighted by atomic mass is 9.98. The standard InChI is InChI=1S/C31H35NO6/c1-31(2,3)38-29(33)26(17-20-15-16-27(35-5)28(18-20)36-6)32(4)30(34)37-19-25-23-13-9-7-11-21(23)22-12-8-10-14-24(22)25/h7-16,18,25-26H,17,19H2,1-6H3. The molecular formula is C31H35NO6. The number of amides is 1. The van der Waals surface area contributed by atoms with Crippen molar-refractivity contribution < 1.29 is 28.5 Å². The minimum atomic E-state index is -0.900. The molecule has 1 aliphatic carbocycles. The Morgan fingerprint density at radius 3 is 2.00 bits per heavy atom. The minimum absolute atomic E-state index is 0.0782. The van der Waals surface area contributed by atoms with Crippen LogP contribution >= 0.6 is 0 Å². The van der Waals surface area contributed by atoms with E-state index in [1.807, 2.05) is 30.3 Å². The number of hydrogen-bond acceptors (Lipinski definition) is 6. The quantitative estimate of drug-likeness (QED) is 0.350. The number of rotatable bonds is 8. The van der Waals surface area contributed by atoms with Gasteiger partial charge in [0.1, 0.15) is 18.2 Å². The molecule has 0 radical (unpaired) electrons. The van der Waals surface area contributed by atoms with E-state index in [2.05, 4.69) is 24.3 Å². The Morgan fingerprint density at radius 2 is 1.45 bits per heavy atom. The van der Waals surface area contributed by atoms with Gasteiger partial charge in [-0.05, 0) is 60.7 Å². The van der Waals surface area contributed by atoms with Crippen LogP contribution in [-0.2, 0) is 20.7 Å². The van der Waals surface area contributed by atoms with Crippen molar-refractivity contribution in [1.29, 1.82) is 0 Å². The smallest absolute Gasteiger partial charge is 0.410 e. The topological polar surface area (TPSA) is 74.3 Å². The normalized spacial score (nSPS) is 13.2. The van der Waals surface area contributed by atoms with Crippen molar-refractivity contribution in [2.45, 2.75) is 44.8 Å². The Labute approximate surface area is 224 Å². The number of carbonyl (C=O) groups excluding carboxylic acids is 2. The summed E-state index contributed by atoms with van der Waals surface area (Å²) in [6.45, 7) is 5.55. The number of nitrogens with zero attached hydrogens (tertiary/aromatic N) is 1. The van der Waals surface area contributed by atoms with Crippen molar-refractivity contribution in [3.8, 4) is 22.6 Å². The van der Waals surface area contributed by atoms with E-state index < -0.39 is 23.7 Å². The highest BCUT2D eigenvalue weighted by atomic mass is 16.6. The zero-order chi connectivity index (χ0) is 27.4. The Balaban J connectivity index is 1.54. The molecule has 0 aliphatic heterocycles. The molecule has 3 aromatic carbocycles. The summed E-state index contributed by atoms with van der Waals surface area (Å²) in [7, 11) is 4.68. The first-order chi connectivity index (χ1) is 18.1. The van der Waals surface area contributed by atoms with Crippen molar-refractivity contribution in [2.75, 3.05) is 27.9 Å². The number of carbonyl (C=O) groups is 2. The molecule has 0 bridgehead atoms. The summed E-state index contributed by atoms with van der Waals surface area (Å²) in [5, 5.41) is 0. The monoisotopic (exact) mass is 517 g/mol. The molecule has 0 heterocycles. The van der Waals surface area contributed by atoms with E-state index in [1.165, 1.54) is 4.90 Å². The maximum Gasteiger partial charge on any atom is 0.410 e. The zero-order valence-electron chi connectivity index (χ0n) is 22.8. The average molecular weight is 518 g/mol. The second-order valence-corrected chi connectivity index (χ2v) is 10.4. The number of likely N-dealkylation sites (N-methyl/N-ethyl adjacent to an activating group) is 1. The molecule has 1 amide bonds. The fraction of sp³-hybridized carbons (Fsp3) is 0.355. The molecule has 38 heavy (non-hydrogen) atoms. The Morgan fingerprint density at radius 1 is 0.868 bits per heavy atom. The third-order valence-electron chi connectivity index (χ3n) is 6.65. The van der Waals surface area contributed by atoms with Crippen molar-refractivity contribution >= 4 is 12.1 Å². The van der Waals surface area contributed by atoms with E-state index in [9.17, 15) is 9.59 Å². The molecule has 0 fully saturated rings. The Kier molecular flexibility index (Phi) is 7.95. The lowest BCUT2D eigenvalue weighted by Gasteiger charge is -2.30. The van der Waals surface area contributed by atoms with Crippen LogP contribution in [0, 0.1) is 0 Å². The van der Waals surface area contributed by atoms with Gasteiger partial charge in [0.2, 0.25) is 0 Å². The van der Waals surface area contributed by atoms with Crippen LogP contribution in [0.3, 0.4) is 0 Å². The zero-order valence-corrected chi connectivity index (χ0v) is 22.8. The lowest BCUT2D eigenvalue weighted by Crippen LogP contribution is -2.47. The first kappa shape index (κ1) is 27.0. The molecule has 0 N–H and O–H groups in total. The van der Waals surface area contributed by atoms with E-state index in [0.717, 1.165) is 27.8 Å². The predicted octanol–water partition coefficient (Wildman–Crippen LogP) is 5.84. The van der Waals surface area contributed by atoms with E-state index in [1.54, 1.807) is 54.2 Å². The van der Waals surface area contributed by atoms with Crippen LogP contribution in [0.25, 0.3) is 11.1 Å². The highest BCUT2D eigenvalue weighted by Crippen LogP contribution is 2.44. The van der Waals surface area contributed by atoms with Crippen molar-refractivity contribution in [3.05, 3.63) is 83.4 Å². The number of hydrogen-bond donors (Lipinski definition) is 0. The van der Waals surface area contributed by atoms with E-state index in [0.29, 0.717) is 11.5 Å². The Hall–Kier alpha value is -4.00. The van der Waals surface area contributed by atoms with Gasteiger partial charge in [0, 0.05) is 19.4 Å². The van der Waals surface area contributed by atoms with Gasteiger partial charge in [0.05, 0.1) is 14.2 Å². The first-order valence-corrected chi connectivity index (χ1v) is 12.6. The van der Waals surface area contributed by atoms with Crippen molar-refractivity contribution in [2.24, 2.45) is 0 Å². The van der Waals surface area contributed by atoms with Gasteiger partial charge in [-0.25, -0.2) is 9.59 Å². The van der Waals surface area contributed by atoms with Gasteiger partial charge in [-0.1, -0.05) is 54.6 Å². The highest BCUT2D eigenvalue weighted by Gasteiger charge is 2.34. The van der Waals surface area contributed by atoms with Crippen LogP contribution in [0.4, 0.5) is 4.79 Å². The average Bonchev–Trinajstić information content (AvgIpc) is 3.22. The molecule has 7 heteroatoms. The molecule has 4 rings (SSSR count). The van der Waals surface area contributed by atoms with E-state index >= 15 is 0 Å². The summed E-state index contributed by atoms with van der Waals surface area (Å²) in [5.41, 5.74) is 4.62. The summed E-state index contributed by atoms with van der Waals surface area (Å²) in [5.74, 6) is 0.528. The summed E-state index contributed by atoms with van der Waals surface area (Å²) in [6, 6.07) is 20.8. The fourth-order valence-corrected chi connectivity index (χ4v) is 4.80. The molecule has 0 spiro atoms. The molecule has 7 nitrogen and oxygen atoms in total. The largest absolute Gasteiger partial charge is 0.493 e. The van der Waals surface area contributed by atoms with Gasteiger partial charge in [-0.2, -0.15) is 0 Å². The molecular weight excluding hydrogens is 482 g/mol. The van der Waals surface area contributed by atoms with Gasteiger partial charge in [0.25, 0.3) is 0 Å². The number of benzene rings is 3. The van der Waals surface area contributed by atoms with Crippen LogP contribution in [0.15, 0.2) is 66.7 Å². The second-order valence-electron chi connectivity index (χ2n) is 10.4. The third-order valence-corrected chi connectivity index (χ3v) is 6.65. The maximum absolute atomic E-state index is 13.3. The lowest BCUT2D eigenvalue weighted by molar-refractivity contribution is -0.160.